The summed E-state index contributed by atoms with van der Waals surface area (Å²) in [7, 11) is 0. The van der Waals surface area contributed by atoms with Gasteiger partial charge >= 0.3 is 18.3 Å². The molecule has 0 radical (unpaired) electrons. The van der Waals surface area contributed by atoms with Crippen molar-refractivity contribution < 1.29 is 36.2 Å². The van der Waals surface area contributed by atoms with Crippen LogP contribution in [0.2, 0.25) is 0 Å². The number of nitrogen functional groups attached to an aromatic ring is 2. The van der Waals surface area contributed by atoms with Crippen LogP contribution in [0.5, 0.6) is 5.75 Å². The first-order chi connectivity index (χ1) is 16.4. The summed E-state index contributed by atoms with van der Waals surface area (Å²) in [5.74, 6) is -3.51. The zero-order chi connectivity index (χ0) is 25.6. The van der Waals surface area contributed by atoms with Crippen LogP contribution in [0.3, 0.4) is 0 Å². The standard InChI is InChI=1S/C25H27F5N2O3/c26-24(27,28)18-4-6-19(7-5-18)25(29,30)35-22-8-1-16(2-9-22)3-10-23(33)34-12-11-17-13-20(31)15-21(32)14-17/h1-3,8-10,13-15,18-19H,4-7,11-12,31-32H2/b10-3+. The number of hydrogen-bond acceptors (Lipinski definition) is 5. The monoisotopic (exact) mass is 498 g/mol. The van der Waals surface area contributed by atoms with Crippen molar-refractivity contribution in [2.45, 2.75) is 44.4 Å². The fourth-order valence-electron chi connectivity index (χ4n) is 4.02. The predicted octanol–water partition coefficient (Wildman–Crippen LogP) is 5.99. The van der Waals surface area contributed by atoms with Crippen molar-refractivity contribution in [2.75, 3.05) is 18.1 Å². The highest BCUT2D eigenvalue weighted by molar-refractivity contribution is 5.87. The lowest BCUT2D eigenvalue weighted by Crippen LogP contribution is -2.39. The van der Waals surface area contributed by atoms with Crippen molar-refractivity contribution in [3.05, 3.63) is 59.7 Å². The summed E-state index contributed by atoms with van der Waals surface area (Å²) < 4.78 is 77.1. The van der Waals surface area contributed by atoms with E-state index in [0.29, 0.717) is 23.4 Å². The van der Waals surface area contributed by atoms with E-state index >= 15 is 0 Å². The predicted molar refractivity (Wildman–Crippen MR) is 122 cm³/mol. The van der Waals surface area contributed by atoms with E-state index in [1.54, 1.807) is 18.2 Å². The number of alkyl halides is 5. The van der Waals surface area contributed by atoms with Gasteiger partial charge in [0.1, 0.15) is 5.75 Å². The second kappa shape index (κ2) is 11.0. The Morgan fingerprint density at radius 1 is 0.914 bits per heavy atom. The van der Waals surface area contributed by atoms with Gasteiger partial charge in [0.05, 0.1) is 18.4 Å². The van der Waals surface area contributed by atoms with Gasteiger partial charge in [-0.1, -0.05) is 12.1 Å². The molecule has 10 heteroatoms. The summed E-state index contributed by atoms with van der Waals surface area (Å²) in [5, 5.41) is 0. The summed E-state index contributed by atoms with van der Waals surface area (Å²) in [4.78, 5) is 11.9. The van der Waals surface area contributed by atoms with Gasteiger partial charge in [0.2, 0.25) is 0 Å². The second-order valence-corrected chi connectivity index (χ2v) is 8.58. The molecule has 0 heterocycles. The molecule has 1 saturated carbocycles. The number of rotatable bonds is 8. The van der Waals surface area contributed by atoms with Gasteiger partial charge < -0.3 is 20.9 Å². The summed E-state index contributed by atoms with van der Waals surface area (Å²) in [6, 6.07) is 10.7. The van der Waals surface area contributed by atoms with Gasteiger partial charge in [-0.3, -0.25) is 0 Å². The molecule has 0 amide bonds. The van der Waals surface area contributed by atoms with Crippen LogP contribution in [0.4, 0.5) is 33.3 Å². The number of nitrogens with two attached hydrogens (primary N) is 2. The quantitative estimate of drug-likeness (QED) is 0.202. The van der Waals surface area contributed by atoms with Gasteiger partial charge in [0.15, 0.2) is 0 Å². The van der Waals surface area contributed by atoms with E-state index in [9.17, 15) is 26.7 Å². The number of hydrogen-bond donors (Lipinski definition) is 2. The van der Waals surface area contributed by atoms with Crippen molar-refractivity contribution in [3.63, 3.8) is 0 Å². The van der Waals surface area contributed by atoms with Gasteiger partial charge in [-0.25, -0.2) is 4.79 Å². The molecule has 35 heavy (non-hydrogen) atoms. The van der Waals surface area contributed by atoms with E-state index in [4.69, 9.17) is 20.9 Å². The maximum absolute atomic E-state index is 14.5. The Labute approximate surface area is 199 Å². The molecule has 0 aromatic heterocycles. The molecular weight excluding hydrogens is 471 g/mol. The Bertz CT molecular complexity index is 1010. The van der Waals surface area contributed by atoms with Gasteiger partial charge in [0, 0.05) is 23.9 Å². The number of benzene rings is 2. The molecule has 2 aromatic carbocycles. The zero-order valence-electron chi connectivity index (χ0n) is 18.9. The summed E-state index contributed by atoms with van der Waals surface area (Å²) in [6.07, 6.45) is -6.02. The molecule has 0 spiro atoms. The van der Waals surface area contributed by atoms with Crippen molar-refractivity contribution in [3.8, 4) is 5.75 Å². The first-order valence-corrected chi connectivity index (χ1v) is 11.2. The molecule has 1 fully saturated rings. The van der Waals surface area contributed by atoms with Crippen LogP contribution in [-0.4, -0.2) is 24.9 Å². The fraction of sp³-hybridized carbons (Fsp3) is 0.400. The van der Waals surface area contributed by atoms with Gasteiger partial charge in [0.25, 0.3) is 0 Å². The molecule has 0 bridgehead atoms. The van der Waals surface area contributed by atoms with Crippen LogP contribution in [0.1, 0.15) is 36.8 Å². The van der Waals surface area contributed by atoms with Crippen molar-refractivity contribution in [1.82, 2.24) is 0 Å². The Balaban J connectivity index is 1.46. The maximum Gasteiger partial charge on any atom is 0.400 e. The first-order valence-electron chi connectivity index (χ1n) is 11.2. The summed E-state index contributed by atoms with van der Waals surface area (Å²) >= 11 is 0. The molecule has 0 unspecified atom stereocenters. The molecule has 2 aromatic rings. The minimum atomic E-state index is -4.36. The van der Waals surface area contributed by atoms with Gasteiger partial charge in [-0.05, 0) is 73.2 Å². The third-order valence-electron chi connectivity index (χ3n) is 5.88. The van der Waals surface area contributed by atoms with Crippen LogP contribution >= 0.6 is 0 Å². The Morgan fingerprint density at radius 2 is 1.49 bits per heavy atom. The third-order valence-corrected chi connectivity index (χ3v) is 5.88. The highest BCUT2D eigenvalue weighted by Gasteiger charge is 2.48. The summed E-state index contributed by atoms with van der Waals surface area (Å²) in [5.41, 5.74) is 13.9. The summed E-state index contributed by atoms with van der Waals surface area (Å²) in [6.45, 7) is 0.124. The Kier molecular flexibility index (Phi) is 8.24. The third kappa shape index (κ3) is 7.87. The topological polar surface area (TPSA) is 87.6 Å². The lowest BCUT2D eigenvalue weighted by molar-refractivity contribution is -0.237. The van der Waals surface area contributed by atoms with Crippen molar-refractivity contribution in [2.24, 2.45) is 11.8 Å². The molecule has 190 valence electrons. The van der Waals surface area contributed by atoms with Crippen LogP contribution < -0.4 is 16.2 Å². The van der Waals surface area contributed by atoms with Crippen LogP contribution in [0.25, 0.3) is 6.08 Å². The molecule has 1 aliphatic carbocycles. The van der Waals surface area contributed by atoms with Crippen LogP contribution in [-0.2, 0) is 16.0 Å². The van der Waals surface area contributed by atoms with Crippen molar-refractivity contribution in [1.29, 1.82) is 0 Å². The van der Waals surface area contributed by atoms with E-state index in [1.807, 2.05) is 0 Å². The number of ether oxygens (including phenoxy) is 2. The average molecular weight is 498 g/mol. The van der Waals surface area contributed by atoms with E-state index in [-0.39, 0.29) is 38.0 Å². The highest BCUT2D eigenvalue weighted by atomic mass is 19.4. The fourth-order valence-corrected chi connectivity index (χ4v) is 4.02. The van der Waals surface area contributed by atoms with E-state index in [0.717, 1.165) is 5.56 Å². The SMILES string of the molecule is Nc1cc(N)cc(CCOC(=O)/C=C/c2ccc(OC(F)(F)C3CCC(C(F)(F)F)CC3)cc2)c1. The Hall–Kier alpha value is -3.30. The van der Waals surface area contributed by atoms with E-state index < -0.39 is 30.1 Å². The average Bonchev–Trinajstić information content (AvgIpc) is 2.77. The zero-order valence-corrected chi connectivity index (χ0v) is 18.9. The first kappa shape index (κ1) is 26.3. The molecule has 1 aliphatic rings. The normalized spacial score (nSPS) is 19.0. The number of halogens is 5. The number of carbonyl (C=O) groups excluding carboxylic acids is 1. The molecule has 0 aliphatic heterocycles. The number of carbonyl (C=O) groups is 1. The molecule has 5 nitrogen and oxygen atoms in total. The maximum atomic E-state index is 14.5. The van der Waals surface area contributed by atoms with Crippen molar-refractivity contribution >= 4 is 23.4 Å². The molecule has 0 saturated heterocycles. The van der Waals surface area contributed by atoms with Crippen LogP contribution in [0, 0.1) is 11.8 Å². The second-order valence-electron chi connectivity index (χ2n) is 8.58. The van der Waals surface area contributed by atoms with E-state index in [1.165, 1.54) is 36.4 Å². The van der Waals surface area contributed by atoms with Gasteiger partial charge in [-0.2, -0.15) is 22.0 Å². The van der Waals surface area contributed by atoms with Gasteiger partial charge in [-0.15, -0.1) is 0 Å². The molecule has 0 atom stereocenters. The number of esters is 1. The lowest BCUT2D eigenvalue weighted by atomic mass is 9.81. The minimum Gasteiger partial charge on any atom is -0.462 e. The molecule has 4 N–H and O–H groups in total. The van der Waals surface area contributed by atoms with E-state index in [2.05, 4.69) is 0 Å². The molecule has 3 rings (SSSR count). The number of anilines is 2. The smallest absolute Gasteiger partial charge is 0.400 e. The largest absolute Gasteiger partial charge is 0.462 e. The Morgan fingerprint density at radius 3 is 2.06 bits per heavy atom. The van der Waals surface area contributed by atoms with Crippen LogP contribution in [0.15, 0.2) is 48.5 Å². The lowest BCUT2D eigenvalue weighted by Gasteiger charge is -2.33. The minimum absolute atomic E-state index is 0.117. The highest BCUT2D eigenvalue weighted by Crippen LogP contribution is 2.44. The molecular formula is C25H27F5N2O3.